The van der Waals surface area contributed by atoms with E-state index in [-0.39, 0.29) is 23.4 Å². The summed E-state index contributed by atoms with van der Waals surface area (Å²) in [5.74, 6) is 0.162. The van der Waals surface area contributed by atoms with Gasteiger partial charge in [0.1, 0.15) is 5.82 Å². The second-order valence-electron chi connectivity index (χ2n) is 5.62. The van der Waals surface area contributed by atoms with Gasteiger partial charge in [-0.3, -0.25) is 0 Å². The maximum atomic E-state index is 13.5. The molecular weight excluding hydrogens is 291 g/mol. The van der Waals surface area contributed by atoms with Crippen molar-refractivity contribution in [3.05, 3.63) is 29.6 Å². The zero-order valence-electron chi connectivity index (χ0n) is 12.6. The molecule has 1 aromatic rings. The summed E-state index contributed by atoms with van der Waals surface area (Å²) < 4.78 is 36.7. The van der Waals surface area contributed by atoms with Crippen LogP contribution in [0.15, 0.2) is 18.2 Å². The second-order valence-corrected chi connectivity index (χ2v) is 7.85. The average Bonchev–Trinajstić information content (AvgIpc) is 2.79. The van der Waals surface area contributed by atoms with Crippen LogP contribution in [-0.2, 0) is 16.4 Å². The minimum Gasteiger partial charge on any atom is -0.370 e. The van der Waals surface area contributed by atoms with E-state index in [0.717, 1.165) is 24.2 Å². The summed E-state index contributed by atoms with van der Waals surface area (Å²) in [5.41, 5.74) is 1.78. The first-order chi connectivity index (χ1) is 9.93. The molecule has 1 aliphatic rings. The van der Waals surface area contributed by atoms with E-state index in [2.05, 4.69) is 12.2 Å². The van der Waals surface area contributed by atoms with Crippen LogP contribution in [0.5, 0.6) is 0 Å². The number of anilines is 1. The van der Waals surface area contributed by atoms with E-state index in [1.54, 1.807) is 6.07 Å². The highest BCUT2D eigenvalue weighted by molar-refractivity contribution is 7.91. The van der Waals surface area contributed by atoms with E-state index >= 15 is 0 Å². The van der Waals surface area contributed by atoms with Crippen molar-refractivity contribution < 1.29 is 12.8 Å². The molecule has 1 atom stereocenters. The fourth-order valence-electron chi connectivity index (χ4n) is 2.72. The number of benzene rings is 1. The van der Waals surface area contributed by atoms with Gasteiger partial charge in [-0.1, -0.05) is 6.92 Å². The van der Waals surface area contributed by atoms with Crippen LogP contribution in [0.2, 0.25) is 0 Å². The Balaban J connectivity index is 2.17. The predicted molar refractivity (Wildman–Crippen MR) is 83.9 cm³/mol. The number of hydrogen-bond acceptors (Lipinski definition) is 4. The summed E-state index contributed by atoms with van der Waals surface area (Å²) in [4.78, 5) is 1.98. The fraction of sp³-hybridized carbons (Fsp3) is 0.600. The van der Waals surface area contributed by atoms with Crippen LogP contribution in [0.25, 0.3) is 0 Å². The highest BCUT2D eigenvalue weighted by Crippen LogP contribution is 2.26. The molecule has 0 aromatic heterocycles. The lowest BCUT2D eigenvalue weighted by atomic mass is 10.1. The molecule has 118 valence electrons. The van der Waals surface area contributed by atoms with E-state index in [0.29, 0.717) is 13.0 Å². The van der Waals surface area contributed by atoms with Gasteiger partial charge in [0.2, 0.25) is 0 Å². The summed E-state index contributed by atoms with van der Waals surface area (Å²) in [6, 6.07) is 4.67. The van der Waals surface area contributed by atoms with Crippen LogP contribution in [-0.4, -0.2) is 39.6 Å². The molecule has 1 fully saturated rings. The Morgan fingerprint density at radius 2 is 2.19 bits per heavy atom. The molecule has 0 spiro atoms. The second kappa shape index (κ2) is 6.75. The quantitative estimate of drug-likeness (QED) is 0.816. The van der Waals surface area contributed by atoms with Crippen molar-refractivity contribution in [3.8, 4) is 0 Å². The largest absolute Gasteiger partial charge is 0.370 e. The third kappa shape index (κ3) is 4.17. The van der Waals surface area contributed by atoms with Crippen LogP contribution in [0.1, 0.15) is 25.3 Å². The van der Waals surface area contributed by atoms with Gasteiger partial charge in [0.25, 0.3) is 0 Å². The van der Waals surface area contributed by atoms with E-state index in [1.807, 2.05) is 11.9 Å². The summed E-state index contributed by atoms with van der Waals surface area (Å²) in [6.45, 7) is 3.54. The van der Waals surface area contributed by atoms with E-state index in [4.69, 9.17) is 0 Å². The van der Waals surface area contributed by atoms with Gasteiger partial charge in [-0.05, 0) is 43.1 Å². The summed E-state index contributed by atoms with van der Waals surface area (Å²) >= 11 is 0. The molecule has 0 radical (unpaired) electrons. The van der Waals surface area contributed by atoms with Crippen molar-refractivity contribution in [1.82, 2.24) is 5.32 Å². The van der Waals surface area contributed by atoms with Crippen molar-refractivity contribution in [2.75, 3.05) is 30.0 Å². The smallest absolute Gasteiger partial charge is 0.152 e. The van der Waals surface area contributed by atoms with Crippen molar-refractivity contribution in [2.24, 2.45) is 0 Å². The van der Waals surface area contributed by atoms with Crippen LogP contribution >= 0.6 is 0 Å². The fourth-order valence-corrected chi connectivity index (χ4v) is 4.49. The first-order valence-corrected chi connectivity index (χ1v) is 9.17. The van der Waals surface area contributed by atoms with Gasteiger partial charge in [0, 0.05) is 25.3 Å². The molecule has 0 saturated carbocycles. The van der Waals surface area contributed by atoms with Gasteiger partial charge in [-0.15, -0.1) is 0 Å². The lowest BCUT2D eigenvalue weighted by molar-refractivity contribution is 0.600. The molecule has 0 bridgehead atoms. The first-order valence-electron chi connectivity index (χ1n) is 7.35. The molecule has 1 aliphatic heterocycles. The van der Waals surface area contributed by atoms with Crippen LogP contribution < -0.4 is 10.2 Å². The summed E-state index contributed by atoms with van der Waals surface area (Å²) in [5, 5.41) is 3.27. The molecule has 4 nitrogen and oxygen atoms in total. The van der Waals surface area contributed by atoms with Crippen molar-refractivity contribution >= 4 is 15.5 Å². The lowest BCUT2D eigenvalue weighted by Crippen LogP contribution is -2.33. The first kappa shape index (κ1) is 16.2. The van der Waals surface area contributed by atoms with Gasteiger partial charge in [-0.25, -0.2) is 12.8 Å². The lowest BCUT2D eigenvalue weighted by Gasteiger charge is -2.28. The SMILES string of the molecule is CCCNCc1cc(F)ccc1N(C)C1CCS(=O)(=O)C1. The van der Waals surface area contributed by atoms with E-state index < -0.39 is 9.84 Å². The number of hydrogen-bond donors (Lipinski definition) is 1. The molecule has 0 aliphatic carbocycles. The van der Waals surface area contributed by atoms with Crippen LogP contribution in [0.3, 0.4) is 0 Å². The molecule has 1 unspecified atom stereocenters. The topological polar surface area (TPSA) is 49.4 Å². The summed E-state index contributed by atoms with van der Waals surface area (Å²) in [6.07, 6.45) is 1.65. The maximum absolute atomic E-state index is 13.5. The van der Waals surface area contributed by atoms with Crippen LogP contribution in [0, 0.1) is 5.82 Å². The number of nitrogens with one attached hydrogen (secondary N) is 1. The van der Waals surface area contributed by atoms with Gasteiger partial charge in [-0.2, -0.15) is 0 Å². The third-order valence-corrected chi connectivity index (χ3v) is 5.67. The molecule has 1 saturated heterocycles. The molecule has 21 heavy (non-hydrogen) atoms. The normalized spacial score (nSPS) is 20.6. The Bertz CT molecular complexity index is 589. The molecule has 2 rings (SSSR count). The van der Waals surface area contributed by atoms with Crippen molar-refractivity contribution in [3.63, 3.8) is 0 Å². The van der Waals surface area contributed by atoms with E-state index in [1.165, 1.54) is 12.1 Å². The van der Waals surface area contributed by atoms with Crippen molar-refractivity contribution in [1.29, 1.82) is 0 Å². The highest BCUT2D eigenvalue weighted by atomic mass is 32.2. The van der Waals surface area contributed by atoms with Crippen molar-refractivity contribution in [2.45, 2.75) is 32.4 Å². The van der Waals surface area contributed by atoms with Crippen LogP contribution in [0.4, 0.5) is 10.1 Å². The van der Waals surface area contributed by atoms with E-state index in [9.17, 15) is 12.8 Å². The zero-order chi connectivity index (χ0) is 15.5. The molecule has 1 aromatic carbocycles. The Morgan fingerprint density at radius 1 is 1.43 bits per heavy atom. The maximum Gasteiger partial charge on any atom is 0.152 e. The minimum absolute atomic E-state index is 0.0228. The van der Waals surface area contributed by atoms with Gasteiger partial charge >= 0.3 is 0 Å². The Kier molecular flexibility index (Phi) is 5.22. The zero-order valence-corrected chi connectivity index (χ0v) is 13.4. The van der Waals surface area contributed by atoms with Gasteiger partial charge in [0.05, 0.1) is 11.5 Å². The van der Waals surface area contributed by atoms with Gasteiger partial charge in [0.15, 0.2) is 9.84 Å². The monoisotopic (exact) mass is 314 g/mol. The number of nitrogens with zero attached hydrogens (tertiary/aromatic N) is 1. The Hall–Kier alpha value is -1.14. The molecule has 1 N–H and O–H groups in total. The number of sulfone groups is 1. The average molecular weight is 314 g/mol. The summed E-state index contributed by atoms with van der Waals surface area (Å²) in [7, 11) is -1.03. The molecule has 0 amide bonds. The molecule has 6 heteroatoms. The third-order valence-electron chi connectivity index (χ3n) is 3.92. The molecular formula is C15H23FN2O2S. The minimum atomic E-state index is -2.92. The Labute approximate surface area is 126 Å². The number of halogens is 1. The number of rotatable bonds is 6. The molecule has 1 heterocycles. The predicted octanol–water partition coefficient (Wildman–Crippen LogP) is 1.95. The standard InChI is InChI=1S/C15H23FN2O2S/c1-3-7-17-10-12-9-13(16)4-5-15(12)18(2)14-6-8-21(19,20)11-14/h4-5,9,14,17H,3,6-8,10-11H2,1-2H3. The highest BCUT2D eigenvalue weighted by Gasteiger charge is 2.31. The van der Waals surface area contributed by atoms with Gasteiger partial charge < -0.3 is 10.2 Å². The Morgan fingerprint density at radius 3 is 2.81 bits per heavy atom.